The molecule has 0 bridgehead atoms. The van der Waals surface area contributed by atoms with Crippen LogP contribution in [-0.2, 0) is 23.0 Å². The summed E-state index contributed by atoms with van der Waals surface area (Å²) in [4.78, 5) is 19.2. The molecule has 1 amide bonds. The third kappa shape index (κ3) is 3.45. The Hall–Kier alpha value is -2.35. The van der Waals surface area contributed by atoms with Gasteiger partial charge in [0.1, 0.15) is 11.5 Å². The molecule has 8 heteroatoms. The molecule has 27 heavy (non-hydrogen) atoms. The maximum absolute atomic E-state index is 12.8. The topological polar surface area (TPSA) is 83.7 Å². The highest BCUT2D eigenvalue weighted by Gasteiger charge is 2.30. The lowest BCUT2D eigenvalue weighted by atomic mass is 9.85. The molecule has 2 aliphatic rings. The Balaban J connectivity index is 1.48. The van der Waals surface area contributed by atoms with Crippen LogP contribution in [0.15, 0.2) is 28.7 Å². The fourth-order valence-corrected chi connectivity index (χ4v) is 3.91. The van der Waals surface area contributed by atoms with Gasteiger partial charge in [0.25, 0.3) is 5.91 Å². The minimum atomic E-state index is -3.33. The maximum Gasteiger partial charge on any atom is 0.254 e. The van der Waals surface area contributed by atoms with Gasteiger partial charge in [-0.1, -0.05) is 6.42 Å². The van der Waals surface area contributed by atoms with Crippen molar-refractivity contribution in [1.82, 2.24) is 9.88 Å². The molecule has 1 aromatic heterocycles. The van der Waals surface area contributed by atoms with E-state index in [1.807, 2.05) is 0 Å². The van der Waals surface area contributed by atoms with Crippen molar-refractivity contribution in [2.75, 3.05) is 24.2 Å². The molecular weight excluding hydrogens is 366 g/mol. The van der Waals surface area contributed by atoms with E-state index >= 15 is 0 Å². The van der Waals surface area contributed by atoms with Gasteiger partial charge in [-0.15, -0.1) is 0 Å². The van der Waals surface area contributed by atoms with Crippen molar-refractivity contribution in [3.8, 4) is 0 Å². The first-order valence-corrected chi connectivity index (χ1v) is 11.0. The molecule has 7 nitrogen and oxygen atoms in total. The molecule has 2 aromatic rings. The van der Waals surface area contributed by atoms with Crippen molar-refractivity contribution in [1.29, 1.82) is 0 Å². The van der Waals surface area contributed by atoms with Gasteiger partial charge in [0.15, 0.2) is 5.89 Å². The number of hydrogen-bond acceptors (Lipinski definition) is 5. The van der Waals surface area contributed by atoms with Gasteiger partial charge in [-0.2, -0.15) is 0 Å². The normalized spacial score (nSPS) is 17.3. The summed E-state index contributed by atoms with van der Waals surface area (Å²) in [6, 6.07) is 6.62. The van der Waals surface area contributed by atoms with Crippen LogP contribution in [0.1, 0.15) is 52.9 Å². The smallest absolute Gasteiger partial charge is 0.254 e. The van der Waals surface area contributed by atoms with Crippen molar-refractivity contribution < 1.29 is 17.6 Å². The molecular formula is C19H23N3O4S. The van der Waals surface area contributed by atoms with E-state index in [-0.39, 0.29) is 5.91 Å². The molecule has 1 aromatic carbocycles. The monoisotopic (exact) mass is 389 g/mol. The van der Waals surface area contributed by atoms with Crippen LogP contribution in [0.3, 0.4) is 0 Å². The molecule has 2 heterocycles. The number of nitrogens with zero attached hydrogens (tertiary/aromatic N) is 3. The van der Waals surface area contributed by atoms with E-state index in [2.05, 4.69) is 4.98 Å². The van der Waals surface area contributed by atoms with Crippen molar-refractivity contribution in [2.24, 2.45) is 0 Å². The number of sulfonamides is 1. The summed E-state index contributed by atoms with van der Waals surface area (Å²) in [6.45, 7) is 1.05. The molecule has 144 valence electrons. The van der Waals surface area contributed by atoms with E-state index in [0.717, 1.165) is 36.4 Å². The number of rotatable bonds is 4. The summed E-state index contributed by atoms with van der Waals surface area (Å²) >= 11 is 0. The van der Waals surface area contributed by atoms with E-state index in [1.54, 1.807) is 29.2 Å². The number of carbonyl (C=O) groups is 1. The third-order valence-electron chi connectivity index (χ3n) is 5.46. The van der Waals surface area contributed by atoms with Crippen LogP contribution in [0, 0.1) is 0 Å². The minimum absolute atomic E-state index is 0.0811. The van der Waals surface area contributed by atoms with Gasteiger partial charge in [0, 0.05) is 31.5 Å². The average molecular weight is 389 g/mol. The summed E-state index contributed by atoms with van der Waals surface area (Å²) in [5, 5.41) is 0. The Morgan fingerprint density at radius 1 is 1.26 bits per heavy atom. The van der Waals surface area contributed by atoms with Gasteiger partial charge in [0.05, 0.1) is 18.5 Å². The van der Waals surface area contributed by atoms with Crippen LogP contribution in [0.25, 0.3) is 0 Å². The van der Waals surface area contributed by atoms with Crippen molar-refractivity contribution in [3.05, 3.63) is 47.2 Å². The van der Waals surface area contributed by atoms with Gasteiger partial charge in [-0.3, -0.25) is 9.10 Å². The highest BCUT2D eigenvalue weighted by Crippen LogP contribution is 2.37. The number of oxazole rings is 1. The number of benzene rings is 1. The van der Waals surface area contributed by atoms with Gasteiger partial charge < -0.3 is 9.32 Å². The lowest BCUT2D eigenvalue weighted by Gasteiger charge is -2.25. The third-order valence-corrected chi connectivity index (χ3v) is 6.67. The fourth-order valence-electron chi connectivity index (χ4n) is 3.41. The SMILES string of the molecule is CN(c1ccc(C(=O)N2CCc3oc(C4CCC4)nc3C2)cc1)S(C)(=O)=O. The summed E-state index contributed by atoms with van der Waals surface area (Å²) in [5.41, 5.74) is 1.92. The van der Waals surface area contributed by atoms with E-state index in [4.69, 9.17) is 4.42 Å². The number of anilines is 1. The van der Waals surface area contributed by atoms with E-state index in [1.165, 1.54) is 17.8 Å². The zero-order valence-electron chi connectivity index (χ0n) is 15.5. The first-order chi connectivity index (χ1) is 12.8. The van der Waals surface area contributed by atoms with E-state index in [0.29, 0.717) is 36.7 Å². The van der Waals surface area contributed by atoms with Crippen LogP contribution >= 0.6 is 0 Å². The fraction of sp³-hybridized carbons (Fsp3) is 0.474. The van der Waals surface area contributed by atoms with E-state index in [9.17, 15) is 13.2 Å². The minimum Gasteiger partial charge on any atom is -0.445 e. The van der Waals surface area contributed by atoms with Crippen LogP contribution in [0.2, 0.25) is 0 Å². The Labute approximate surface area is 159 Å². The zero-order valence-corrected chi connectivity index (χ0v) is 16.3. The largest absolute Gasteiger partial charge is 0.445 e. The molecule has 0 atom stereocenters. The van der Waals surface area contributed by atoms with Gasteiger partial charge in [0.2, 0.25) is 10.0 Å². The molecule has 1 aliphatic carbocycles. The molecule has 0 unspecified atom stereocenters. The Kier molecular flexibility index (Phi) is 4.46. The standard InChI is InChI=1S/C19H23N3O4S/c1-21(27(2,24)25)15-8-6-14(7-9-15)19(23)22-11-10-17-16(12-22)20-18(26-17)13-4-3-5-13/h6-9,13H,3-5,10-12H2,1-2H3. The maximum atomic E-state index is 12.8. The summed E-state index contributed by atoms with van der Waals surface area (Å²) in [5.74, 6) is 2.10. The second-order valence-electron chi connectivity index (χ2n) is 7.30. The lowest BCUT2D eigenvalue weighted by molar-refractivity contribution is 0.0728. The average Bonchev–Trinajstić information content (AvgIpc) is 3.00. The van der Waals surface area contributed by atoms with Crippen molar-refractivity contribution in [3.63, 3.8) is 0 Å². The van der Waals surface area contributed by atoms with Crippen molar-refractivity contribution >= 4 is 21.6 Å². The Bertz CT molecular complexity index is 961. The lowest BCUT2D eigenvalue weighted by Crippen LogP contribution is -2.35. The molecule has 0 N–H and O–H groups in total. The quantitative estimate of drug-likeness (QED) is 0.802. The van der Waals surface area contributed by atoms with Crippen LogP contribution < -0.4 is 4.31 Å². The zero-order chi connectivity index (χ0) is 19.2. The van der Waals surface area contributed by atoms with Crippen molar-refractivity contribution in [2.45, 2.75) is 38.1 Å². The Morgan fingerprint density at radius 3 is 2.56 bits per heavy atom. The molecule has 1 fully saturated rings. The highest BCUT2D eigenvalue weighted by atomic mass is 32.2. The number of hydrogen-bond donors (Lipinski definition) is 0. The van der Waals surface area contributed by atoms with Gasteiger partial charge >= 0.3 is 0 Å². The first-order valence-electron chi connectivity index (χ1n) is 9.14. The van der Waals surface area contributed by atoms with E-state index < -0.39 is 10.0 Å². The summed E-state index contributed by atoms with van der Waals surface area (Å²) < 4.78 is 30.3. The van der Waals surface area contributed by atoms with Gasteiger partial charge in [-0.25, -0.2) is 13.4 Å². The number of aromatic nitrogens is 1. The van der Waals surface area contributed by atoms with Crippen LogP contribution in [-0.4, -0.2) is 44.1 Å². The second kappa shape index (κ2) is 6.67. The molecule has 0 spiro atoms. The molecule has 1 saturated carbocycles. The number of carbonyl (C=O) groups excluding carboxylic acids is 1. The molecule has 0 radical (unpaired) electrons. The molecule has 4 rings (SSSR count). The van der Waals surface area contributed by atoms with Gasteiger partial charge in [-0.05, 0) is 37.1 Å². The molecule has 0 saturated heterocycles. The van der Waals surface area contributed by atoms with Crippen LogP contribution in [0.5, 0.6) is 0 Å². The summed E-state index contributed by atoms with van der Waals surface area (Å²) in [7, 11) is -1.84. The number of fused-ring (bicyclic) bond motifs is 1. The first kappa shape index (κ1) is 18.0. The Morgan fingerprint density at radius 2 is 1.96 bits per heavy atom. The molecule has 1 aliphatic heterocycles. The predicted molar refractivity (Wildman–Crippen MR) is 101 cm³/mol. The summed E-state index contributed by atoms with van der Waals surface area (Å²) in [6.07, 6.45) is 5.32. The predicted octanol–water partition coefficient (Wildman–Crippen LogP) is 2.54. The van der Waals surface area contributed by atoms with Crippen LogP contribution in [0.4, 0.5) is 5.69 Å². The number of amides is 1. The highest BCUT2D eigenvalue weighted by molar-refractivity contribution is 7.92. The second-order valence-corrected chi connectivity index (χ2v) is 9.32.